The minimum absolute atomic E-state index is 0.00579. The van der Waals surface area contributed by atoms with Crippen molar-refractivity contribution in [2.24, 2.45) is 0 Å². The number of hydrogen-bond acceptors (Lipinski definition) is 6. The molecule has 3 aromatic heterocycles. The van der Waals surface area contributed by atoms with Crippen LogP contribution < -0.4 is 0 Å². The third-order valence-electron chi connectivity index (χ3n) is 6.50. The molecule has 1 aliphatic rings. The predicted molar refractivity (Wildman–Crippen MR) is 131 cm³/mol. The van der Waals surface area contributed by atoms with E-state index in [1.807, 2.05) is 43.4 Å². The summed E-state index contributed by atoms with van der Waals surface area (Å²) in [4.78, 5) is 26.6. The van der Waals surface area contributed by atoms with Gasteiger partial charge in [0.15, 0.2) is 5.76 Å². The molecule has 0 N–H and O–H groups in total. The summed E-state index contributed by atoms with van der Waals surface area (Å²) in [5.74, 6) is 1.42. The Bertz CT molecular complexity index is 1270. The predicted octanol–water partition coefficient (Wildman–Crippen LogP) is 4.37. The number of fused-ring (bicyclic) bond motifs is 1. The highest BCUT2D eigenvalue weighted by Gasteiger charge is 2.34. The Morgan fingerprint density at radius 1 is 1.15 bits per heavy atom. The number of hydrogen-bond donors (Lipinski definition) is 0. The number of nitrogens with zero attached hydrogens (tertiary/aromatic N) is 6. The Hall–Kier alpha value is -3.52. The van der Waals surface area contributed by atoms with Gasteiger partial charge in [0.2, 0.25) is 0 Å². The molecule has 0 saturated heterocycles. The van der Waals surface area contributed by atoms with Gasteiger partial charge in [0.1, 0.15) is 11.3 Å². The Morgan fingerprint density at radius 2 is 1.94 bits per heavy atom. The number of amides is 1. The summed E-state index contributed by atoms with van der Waals surface area (Å²) in [6.07, 6.45) is 5.46. The standard InChI is InChI=1S/C26H30N6O2/c1-4-31(5-2)15-14-30(3)25(33)20-17-28-32(24(20)18-10-11-18)26-27-13-12-21(29-26)23-16-19-8-6-7-9-22(19)34-23/h6-9,12-13,16-18H,4-5,10-11,14-15H2,1-3H3. The fourth-order valence-corrected chi connectivity index (χ4v) is 4.27. The molecule has 8 heteroatoms. The van der Waals surface area contributed by atoms with Crippen LogP contribution in [0.2, 0.25) is 0 Å². The van der Waals surface area contributed by atoms with Crippen molar-refractivity contribution in [3.05, 3.63) is 60.0 Å². The summed E-state index contributed by atoms with van der Waals surface area (Å²) in [6, 6.07) is 11.7. The molecule has 5 rings (SSSR count). The zero-order valence-electron chi connectivity index (χ0n) is 19.9. The smallest absolute Gasteiger partial charge is 0.257 e. The van der Waals surface area contributed by atoms with Gasteiger partial charge < -0.3 is 14.2 Å². The summed E-state index contributed by atoms with van der Waals surface area (Å²) in [6.45, 7) is 7.75. The van der Waals surface area contributed by atoms with Crippen LogP contribution in [0, 0.1) is 0 Å². The third kappa shape index (κ3) is 4.33. The van der Waals surface area contributed by atoms with Gasteiger partial charge in [-0.15, -0.1) is 0 Å². The number of likely N-dealkylation sites (N-methyl/N-ethyl adjacent to an activating group) is 2. The Morgan fingerprint density at radius 3 is 2.68 bits per heavy atom. The third-order valence-corrected chi connectivity index (χ3v) is 6.50. The summed E-state index contributed by atoms with van der Waals surface area (Å²) >= 11 is 0. The van der Waals surface area contributed by atoms with Gasteiger partial charge in [0.05, 0.1) is 17.5 Å². The van der Waals surface area contributed by atoms with Crippen LogP contribution in [0.3, 0.4) is 0 Å². The van der Waals surface area contributed by atoms with Crippen molar-refractivity contribution >= 4 is 16.9 Å². The zero-order chi connectivity index (χ0) is 23.7. The number of para-hydroxylation sites is 1. The monoisotopic (exact) mass is 458 g/mol. The molecule has 0 spiro atoms. The van der Waals surface area contributed by atoms with E-state index in [9.17, 15) is 4.79 Å². The van der Waals surface area contributed by atoms with Crippen molar-refractivity contribution < 1.29 is 9.21 Å². The summed E-state index contributed by atoms with van der Waals surface area (Å²) in [5, 5.41) is 5.58. The van der Waals surface area contributed by atoms with Gasteiger partial charge in [-0.05, 0) is 44.1 Å². The summed E-state index contributed by atoms with van der Waals surface area (Å²) < 4.78 is 7.72. The SMILES string of the molecule is CCN(CC)CCN(C)C(=O)c1cnn(-c2nccc(-c3cc4ccccc4o3)n2)c1C1CC1. The minimum atomic E-state index is -0.00579. The fraction of sp³-hybridized carbons (Fsp3) is 0.385. The first-order valence-electron chi connectivity index (χ1n) is 12.0. The number of furan rings is 1. The first-order valence-corrected chi connectivity index (χ1v) is 12.0. The topological polar surface area (TPSA) is 80.3 Å². The number of rotatable bonds is 9. The number of aromatic nitrogens is 4. The average molecular weight is 459 g/mol. The van der Waals surface area contributed by atoms with Crippen LogP contribution in [0.4, 0.5) is 0 Å². The highest BCUT2D eigenvalue weighted by Crippen LogP contribution is 2.42. The maximum absolute atomic E-state index is 13.3. The minimum Gasteiger partial charge on any atom is -0.454 e. The van der Waals surface area contributed by atoms with Crippen molar-refractivity contribution in [2.75, 3.05) is 33.2 Å². The molecule has 1 amide bonds. The quantitative estimate of drug-likeness (QED) is 0.371. The molecule has 0 bridgehead atoms. The van der Waals surface area contributed by atoms with Gasteiger partial charge in [-0.1, -0.05) is 32.0 Å². The second-order valence-electron chi connectivity index (χ2n) is 8.77. The van der Waals surface area contributed by atoms with Gasteiger partial charge >= 0.3 is 0 Å². The lowest BCUT2D eigenvalue weighted by Crippen LogP contribution is -2.36. The molecule has 0 radical (unpaired) electrons. The highest BCUT2D eigenvalue weighted by atomic mass is 16.3. The van der Waals surface area contributed by atoms with Crippen molar-refractivity contribution in [1.29, 1.82) is 0 Å². The van der Waals surface area contributed by atoms with Gasteiger partial charge in [-0.3, -0.25) is 4.79 Å². The van der Waals surface area contributed by atoms with Gasteiger partial charge in [-0.25, -0.2) is 14.6 Å². The van der Waals surface area contributed by atoms with E-state index in [0.717, 1.165) is 49.1 Å². The van der Waals surface area contributed by atoms with Crippen molar-refractivity contribution in [2.45, 2.75) is 32.6 Å². The van der Waals surface area contributed by atoms with E-state index in [2.05, 4.69) is 28.8 Å². The molecule has 0 atom stereocenters. The first kappa shape index (κ1) is 22.3. The van der Waals surface area contributed by atoms with E-state index < -0.39 is 0 Å². The molecular weight excluding hydrogens is 428 g/mol. The molecule has 0 unspecified atom stereocenters. The lowest BCUT2D eigenvalue weighted by Gasteiger charge is -2.23. The molecule has 1 aliphatic carbocycles. The molecule has 4 aromatic rings. The average Bonchev–Trinajstić information content (AvgIpc) is 3.46. The molecular formula is C26H30N6O2. The van der Waals surface area contributed by atoms with Crippen molar-refractivity contribution in [3.8, 4) is 17.4 Å². The Kier molecular flexibility index (Phi) is 6.15. The molecule has 34 heavy (non-hydrogen) atoms. The molecule has 1 saturated carbocycles. The zero-order valence-corrected chi connectivity index (χ0v) is 19.9. The van der Waals surface area contributed by atoms with E-state index in [1.54, 1.807) is 22.0 Å². The summed E-state index contributed by atoms with van der Waals surface area (Å²) in [7, 11) is 1.86. The van der Waals surface area contributed by atoms with Crippen molar-refractivity contribution in [1.82, 2.24) is 29.5 Å². The molecule has 1 aromatic carbocycles. The summed E-state index contributed by atoms with van der Waals surface area (Å²) in [5.41, 5.74) is 3.04. The van der Waals surface area contributed by atoms with Crippen LogP contribution in [0.25, 0.3) is 28.4 Å². The van der Waals surface area contributed by atoms with Gasteiger partial charge in [-0.2, -0.15) is 5.10 Å². The molecule has 3 heterocycles. The van der Waals surface area contributed by atoms with E-state index in [-0.39, 0.29) is 5.91 Å². The largest absolute Gasteiger partial charge is 0.454 e. The molecule has 176 valence electrons. The maximum atomic E-state index is 13.3. The van der Waals surface area contributed by atoms with Crippen molar-refractivity contribution in [3.63, 3.8) is 0 Å². The normalized spacial score (nSPS) is 13.6. The number of carbonyl (C=O) groups is 1. The first-order chi connectivity index (χ1) is 16.6. The Labute approximate surface area is 199 Å². The van der Waals surface area contributed by atoms with Crippen LogP contribution in [0.1, 0.15) is 48.7 Å². The van der Waals surface area contributed by atoms with E-state index in [1.165, 1.54) is 0 Å². The van der Waals surface area contributed by atoms with Gasteiger partial charge in [0.25, 0.3) is 11.9 Å². The van der Waals surface area contributed by atoms with Crippen LogP contribution in [-0.4, -0.2) is 68.7 Å². The fourth-order valence-electron chi connectivity index (χ4n) is 4.27. The second-order valence-corrected chi connectivity index (χ2v) is 8.77. The molecule has 0 aliphatic heterocycles. The molecule has 8 nitrogen and oxygen atoms in total. The van der Waals surface area contributed by atoms with E-state index in [4.69, 9.17) is 9.40 Å². The number of carbonyl (C=O) groups excluding carboxylic acids is 1. The van der Waals surface area contributed by atoms with Crippen LogP contribution >= 0.6 is 0 Å². The highest BCUT2D eigenvalue weighted by molar-refractivity contribution is 5.95. The van der Waals surface area contributed by atoms with Gasteiger partial charge in [0, 0.05) is 37.6 Å². The lowest BCUT2D eigenvalue weighted by atomic mass is 10.1. The van der Waals surface area contributed by atoms with Crippen LogP contribution in [0.5, 0.6) is 0 Å². The van der Waals surface area contributed by atoms with E-state index in [0.29, 0.717) is 35.4 Å². The maximum Gasteiger partial charge on any atom is 0.257 e. The molecule has 1 fully saturated rings. The Balaban J connectivity index is 1.44. The van der Waals surface area contributed by atoms with Crippen LogP contribution in [-0.2, 0) is 0 Å². The second kappa shape index (κ2) is 9.38. The van der Waals surface area contributed by atoms with Crippen LogP contribution in [0.15, 0.2) is 53.2 Å². The number of benzene rings is 1. The lowest BCUT2D eigenvalue weighted by molar-refractivity contribution is 0.0778. The van der Waals surface area contributed by atoms with E-state index >= 15 is 0 Å².